The van der Waals surface area contributed by atoms with Crippen molar-refractivity contribution in [2.75, 3.05) is 13.1 Å². The molecule has 2 amide bonds. The highest BCUT2D eigenvalue weighted by Gasteiger charge is 2.28. The summed E-state index contributed by atoms with van der Waals surface area (Å²) in [4.78, 5) is 24.7. The summed E-state index contributed by atoms with van der Waals surface area (Å²) in [6.07, 6.45) is -2.38. The number of hydrogen-bond acceptors (Lipinski definition) is 7. The molecule has 39 heavy (non-hydrogen) atoms. The molecule has 4 atom stereocenters. The number of rotatable bonds is 12. The summed E-state index contributed by atoms with van der Waals surface area (Å²) in [7, 11) is 0. The molecule has 0 aliphatic carbocycles. The summed E-state index contributed by atoms with van der Waals surface area (Å²) in [6.45, 7) is 10.7. The lowest BCUT2D eigenvalue weighted by Gasteiger charge is -2.30. The molecule has 216 valence electrons. The molecule has 1 unspecified atom stereocenters. The van der Waals surface area contributed by atoms with Gasteiger partial charge in [0, 0.05) is 19.1 Å². The molecule has 0 spiro atoms. The molecule has 0 fully saturated rings. The van der Waals surface area contributed by atoms with Crippen molar-refractivity contribution in [2.24, 2.45) is 0 Å². The highest BCUT2D eigenvalue weighted by molar-refractivity contribution is 5.68. The summed E-state index contributed by atoms with van der Waals surface area (Å²) >= 11 is 0. The van der Waals surface area contributed by atoms with Gasteiger partial charge in [0.25, 0.3) is 0 Å². The second-order valence-corrected chi connectivity index (χ2v) is 11.7. The highest BCUT2D eigenvalue weighted by Crippen LogP contribution is 2.12. The normalized spacial score (nSPS) is 15.0. The monoisotopic (exact) mass is 543 g/mol. The Balaban J connectivity index is 2.11. The van der Waals surface area contributed by atoms with Crippen molar-refractivity contribution in [1.29, 1.82) is 0 Å². The molecule has 5 N–H and O–H groups in total. The molecule has 2 rings (SSSR count). The summed E-state index contributed by atoms with van der Waals surface area (Å²) in [5, 5.41) is 30.8. The van der Waals surface area contributed by atoms with Crippen LogP contribution >= 0.6 is 0 Å². The van der Waals surface area contributed by atoms with E-state index in [0.717, 1.165) is 11.1 Å². The predicted molar refractivity (Wildman–Crippen MR) is 151 cm³/mol. The molecule has 0 radical (unpaired) electrons. The molecule has 0 aliphatic rings. The average Bonchev–Trinajstić information content (AvgIpc) is 2.83. The van der Waals surface area contributed by atoms with Crippen LogP contribution in [-0.2, 0) is 22.3 Å². The van der Waals surface area contributed by atoms with Gasteiger partial charge in [-0.25, -0.2) is 9.59 Å². The number of benzene rings is 2. The highest BCUT2D eigenvalue weighted by atomic mass is 16.6. The molecule has 0 saturated heterocycles. The lowest BCUT2D eigenvalue weighted by Crippen LogP contribution is -2.54. The average molecular weight is 544 g/mol. The maximum absolute atomic E-state index is 12.5. The minimum absolute atomic E-state index is 0.0425. The van der Waals surface area contributed by atoms with Crippen molar-refractivity contribution in [2.45, 2.75) is 89.9 Å². The van der Waals surface area contributed by atoms with E-state index in [2.05, 4.69) is 16.0 Å². The first kappa shape index (κ1) is 32.1. The van der Waals surface area contributed by atoms with Gasteiger partial charge in [0.2, 0.25) is 0 Å². The van der Waals surface area contributed by atoms with Crippen LogP contribution < -0.4 is 16.0 Å². The Morgan fingerprint density at radius 3 is 1.62 bits per heavy atom. The number of ether oxygens (including phenoxy) is 2. The second-order valence-electron chi connectivity index (χ2n) is 11.7. The standard InChI is InChI=1S/C30H45N3O6/c1-29(2,3)38-27(36)32-20-25(34)23(17-21-13-9-7-10-14-21)31-19-26(35)24(18-22-15-11-8-12-16-22)33-28(37)39-30(4,5)6/h7-16,23-26,31,34-35H,17-20H2,1-6H3,(H,32,36)(H,33,37)/t23-,24-,25?,26+/m0/s1. The van der Waals surface area contributed by atoms with E-state index in [1.165, 1.54) is 0 Å². The van der Waals surface area contributed by atoms with Crippen LogP contribution in [0.4, 0.5) is 9.59 Å². The summed E-state index contributed by atoms with van der Waals surface area (Å²) in [6, 6.07) is 18.0. The predicted octanol–water partition coefficient (Wildman–Crippen LogP) is 3.57. The molecular weight excluding hydrogens is 498 g/mol. The lowest BCUT2D eigenvalue weighted by molar-refractivity contribution is 0.0402. The molecule has 9 nitrogen and oxygen atoms in total. The van der Waals surface area contributed by atoms with Gasteiger partial charge in [-0.15, -0.1) is 0 Å². The van der Waals surface area contributed by atoms with Crippen molar-refractivity contribution >= 4 is 12.2 Å². The van der Waals surface area contributed by atoms with E-state index in [0.29, 0.717) is 12.8 Å². The smallest absolute Gasteiger partial charge is 0.407 e. The number of nitrogens with one attached hydrogen (secondary N) is 3. The molecule has 0 aromatic heterocycles. The zero-order valence-electron chi connectivity index (χ0n) is 23.9. The van der Waals surface area contributed by atoms with E-state index in [-0.39, 0.29) is 13.1 Å². The molecule has 0 aliphatic heterocycles. The maximum Gasteiger partial charge on any atom is 0.407 e. The fourth-order valence-electron chi connectivity index (χ4n) is 3.88. The number of carbonyl (C=O) groups excluding carboxylic acids is 2. The SMILES string of the molecule is CC(C)(C)OC(=O)NCC(O)[C@H](Cc1ccccc1)NC[C@@H](O)[C@H](Cc1ccccc1)NC(=O)OC(C)(C)C. The van der Waals surface area contributed by atoms with Crippen LogP contribution in [0.2, 0.25) is 0 Å². The van der Waals surface area contributed by atoms with E-state index in [1.807, 2.05) is 60.7 Å². The number of aliphatic hydroxyl groups is 2. The Hall–Kier alpha value is -3.14. The van der Waals surface area contributed by atoms with Crippen molar-refractivity contribution in [1.82, 2.24) is 16.0 Å². The molecule has 0 heterocycles. The van der Waals surface area contributed by atoms with Crippen LogP contribution in [0.5, 0.6) is 0 Å². The van der Waals surface area contributed by atoms with Gasteiger partial charge in [0.1, 0.15) is 11.2 Å². The Morgan fingerprint density at radius 1 is 0.692 bits per heavy atom. The molecule has 2 aromatic carbocycles. The van der Waals surface area contributed by atoms with Gasteiger partial charge < -0.3 is 35.6 Å². The van der Waals surface area contributed by atoms with Crippen LogP contribution in [0.3, 0.4) is 0 Å². The quantitative estimate of drug-likeness (QED) is 0.277. The minimum atomic E-state index is -0.998. The van der Waals surface area contributed by atoms with E-state index >= 15 is 0 Å². The van der Waals surface area contributed by atoms with E-state index in [4.69, 9.17) is 9.47 Å². The lowest BCUT2D eigenvalue weighted by atomic mass is 9.98. The van der Waals surface area contributed by atoms with Gasteiger partial charge in [0.15, 0.2) is 0 Å². The van der Waals surface area contributed by atoms with Crippen LogP contribution in [0.1, 0.15) is 52.7 Å². The first-order chi connectivity index (χ1) is 18.2. The number of alkyl carbamates (subject to hydrolysis) is 2. The van der Waals surface area contributed by atoms with Crippen molar-refractivity contribution in [3.8, 4) is 0 Å². The largest absolute Gasteiger partial charge is 0.444 e. The second kappa shape index (κ2) is 14.9. The number of carbonyl (C=O) groups is 2. The van der Waals surface area contributed by atoms with E-state index < -0.39 is 47.7 Å². The summed E-state index contributed by atoms with van der Waals surface area (Å²) in [5.74, 6) is 0. The van der Waals surface area contributed by atoms with E-state index in [9.17, 15) is 19.8 Å². The van der Waals surface area contributed by atoms with Gasteiger partial charge in [0.05, 0.1) is 18.2 Å². The third-order valence-corrected chi connectivity index (χ3v) is 5.67. The molecule has 2 aromatic rings. The minimum Gasteiger partial charge on any atom is -0.444 e. The zero-order valence-corrected chi connectivity index (χ0v) is 23.9. The van der Waals surface area contributed by atoms with Crippen LogP contribution in [0, 0.1) is 0 Å². The van der Waals surface area contributed by atoms with Gasteiger partial charge in [-0.2, -0.15) is 0 Å². The molecule has 0 saturated carbocycles. The Bertz CT molecular complexity index is 1000. The van der Waals surface area contributed by atoms with Crippen LogP contribution in [-0.4, -0.2) is 71.0 Å². The third-order valence-electron chi connectivity index (χ3n) is 5.67. The number of amides is 2. The van der Waals surface area contributed by atoms with E-state index in [1.54, 1.807) is 41.5 Å². The summed E-state index contributed by atoms with van der Waals surface area (Å²) in [5.41, 5.74) is 0.584. The summed E-state index contributed by atoms with van der Waals surface area (Å²) < 4.78 is 10.7. The molecular formula is C30H45N3O6. The Kier molecular flexibility index (Phi) is 12.2. The number of hydrogen-bond donors (Lipinski definition) is 5. The zero-order chi connectivity index (χ0) is 29.1. The molecule has 0 bridgehead atoms. The van der Waals surface area contributed by atoms with Crippen LogP contribution in [0.25, 0.3) is 0 Å². The number of aliphatic hydroxyl groups excluding tert-OH is 2. The Morgan fingerprint density at radius 2 is 1.13 bits per heavy atom. The van der Waals surface area contributed by atoms with Crippen molar-refractivity contribution < 1.29 is 29.3 Å². The molecule has 9 heteroatoms. The van der Waals surface area contributed by atoms with Crippen molar-refractivity contribution in [3.05, 3.63) is 71.8 Å². The topological polar surface area (TPSA) is 129 Å². The van der Waals surface area contributed by atoms with Gasteiger partial charge in [-0.05, 0) is 65.5 Å². The first-order valence-electron chi connectivity index (χ1n) is 13.4. The van der Waals surface area contributed by atoms with Gasteiger partial charge in [-0.3, -0.25) is 0 Å². The fourth-order valence-corrected chi connectivity index (χ4v) is 3.88. The fraction of sp³-hybridized carbons (Fsp3) is 0.533. The third kappa shape index (κ3) is 13.5. The van der Waals surface area contributed by atoms with Crippen molar-refractivity contribution in [3.63, 3.8) is 0 Å². The van der Waals surface area contributed by atoms with Gasteiger partial charge >= 0.3 is 12.2 Å². The van der Waals surface area contributed by atoms with Gasteiger partial charge in [-0.1, -0.05) is 60.7 Å². The first-order valence-corrected chi connectivity index (χ1v) is 13.4. The maximum atomic E-state index is 12.5. The Labute approximate surface area is 232 Å². The van der Waals surface area contributed by atoms with Crippen LogP contribution in [0.15, 0.2) is 60.7 Å².